The number of hydrogen-bond acceptors (Lipinski definition) is 7. The van der Waals surface area contributed by atoms with Gasteiger partial charge in [-0.25, -0.2) is 0 Å². The topological polar surface area (TPSA) is 98.6 Å². The quantitative estimate of drug-likeness (QED) is 0.413. The first-order valence-corrected chi connectivity index (χ1v) is 12.3. The summed E-state index contributed by atoms with van der Waals surface area (Å²) >= 11 is 1.29. The highest BCUT2D eigenvalue weighted by Crippen LogP contribution is 2.36. The van der Waals surface area contributed by atoms with Crippen molar-refractivity contribution in [2.45, 2.75) is 37.2 Å². The van der Waals surface area contributed by atoms with E-state index >= 15 is 0 Å². The van der Waals surface area contributed by atoms with Crippen molar-refractivity contribution in [3.8, 4) is 11.5 Å². The lowest BCUT2D eigenvalue weighted by Gasteiger charge is -2.27. The Kier molecular flexibility index (Phi) is 6.45. The highest BCUT2D eigenvalue weighted by atomic mass is 32.2. The van der Waals surface area contributed by atoms with E-state index in [2.05, 4.69) is 22.1 Å². The molecule has 35 heavy (non-hydrogen) atoms. The molecule has 0 saturated heterocycles. The zero-order valence-corrected chi connectivity index (χ0v) is 20.0. The third-order valence-corrected chi connectivity index (χ3v) is 6.76. The Morgan fingerprint density at radius 3 is 2.80 bits per heavy atom. The second-order valence-electron chi connectivity index (χ2n) is 8.28. The van der Waals surface area contributed by atoms with Crippen LogP contribution in [0, 0.1) is 0 Å². The van der Waals surface area contributed by atoms with E-state index in [0.717, 1.165) is 0 Å². The van der Waals surface area contributed by atoms with E-state index in [1.807, 2.05) is 54.0 Å². The van der Waals surface area contributed by atoms with E-state index in [1.54, 1.807) is 17.0 Å². The van der Waals surface area contributed by atoms with Crippen LogP contribution in [0.25, 0.3) is 0 Å². The third kappa shape index (κ3) is 4.61. The Balaban J connectivity index is 1.35. The predicted molar refractivity (Wildman–Crippen MR) is 133 cm³/mol. The number of thioether (sulfide) groups is 1. The number of amides is 2. The highest BCUT2D eigenvalue weighted by Gasteiger charge is 2.31. The number of carbonyl (C=O) groups is 2. The summed E-state index contributed by atoms with van der Waals surface area (Å²) in [6, 6.07) is 14.5. The van der Waals surface area contributed by atoms with E-state index in [-0.39, 0.29) is 30.0 Å². The molecule has 0 radical (unpaired) electrons. The van der Waals surface area contributed by atoms with Crippen molar-refractivity contribution < 1.29 is 19.1 Å². The molecule has 2 amide bonds. The number of hydrogen-bond donors (Lipinski definition) is 1. The number of carbonyl (C=O) groups excluding carboxylic acids is 2. The molecule has 0 bridgehead atoms. The SMILES string of the molecule is C=CCn1c(SCC(=O)N2c3ccccc3NC(=O)C[C@H]2C)nnc1[C@H]1COc2ccccc2O1. The fraction of sp³-hybridized carbons (Fsp3) is 0.280. The fourth-order valence-corrected chi connectivity index (χ4v) is 5.07. The monoisotopic (exact) mass is 491 g/mol. The van der Waals surface area contributed by atoms with Gasteiger partial charge in [0.15, 0.2) is 28.6 Å². The normalized spacial score (nSPS) is 18.9. The lowest BCUT2D eigenvalue weighted by molar-refractivity contribution is -0.117. The maximum absolute atomic E-state index is 13.4. The Morgan fingerprint density at radius 1 is 1.20 bits per heavy atom. The van der Waals surface area contributed by atoms with Crippen molar-refractivity contribution in [3.63, 3.8) is 0 Å². The lowest BCUT2D eigenvalue weighted by Crippen LogP contribution is -2.40. The van der Waals surface area contributed by atoms with Gasteiger partial charge in [0.05, 0.1) is 17.1 Å². The maximum Gasteiger partial charge on any atom is 0.237 e. The second kappa shape index (κ2) is 9.83. The molecule has 10 heteroatoms. The molecule has 0 unspecified atom stereocenters. The molecule has 180 valence electrons. The minimum atomic E-state index is -0.433. The van der Waals surface area contributed by atoms with Gasteiger partial charge in [-0.2, -0.15) is 0 Å². The molecule has 3 heterocycles. The Labute approximate surface area is 207 Å². The molecule has 0 fully saturated rings. The number of nitrogens with zero attached hydrogens (tertiary/aromatic N) is 4. The molecule has 2 aliphatic rings. The van der Waals surface area contributed by atoms with Crippen LogP contribution in [0.4, 0.5) is 11.4 Å². The standard InChI is InChI=1S/C25H25N5O4S/c1-3-12-29-24(21-14-33-19-10-6-7-11-20(19)34-21)27-28-25(29)35-15-23(32)30-16(2)13-22(31)26-17-8-4-5-9-18(17)30/h3-11,16,21H,1,12-15H2,2H3,(H,26,31)/t16-,21-/m1/s1. The first-order chi connectivity index (χ1) is 17.0. The van der Waals surface area contributed by atoms with Crippen LogP contribution in [0.1, 0.15) is 25.3 Å². The summed E-state index contributed by atoms with van der Waals surface area (Å²) in [6.45, 7) is 6.49. The predicted octanol–water partition coefficient (Wildman–Crippen LogP) is 3.83. The fourth-order valence-electron chi connectivity index (χ4n) is 4.26. The van der Waals surface area contributed by atoms with Crippen molar-refractivity contribution in [1.29, 1.82) is 0 Å². The molecule has 0 saturated carbocycles. The van der Waals surface area contributed by atoms with Gasteiger partial charge in [-0.3, -0.25) is 14.2 Å². The zero-order valence-electron chi connectivity index (χ0n) is 19.2. The zero-order chi connectivity index (χ0) is 24.4. The molecular formula is C25H25N5O4S. The number of benzene rings is 2. The number of ether oxygens (including phenoxy) is 2. The number of rotatable bonds is 6. The highest BCUT2D eigenvalue weighted by molar-refractivity contribution is 7.99. The van der Waals surface area contributed by atoms with Gasteiger partial charge in [0, 0.05) is 19.0 Å². The summed E-state index contributed by atoms with van der Waals surface area (Å²) in [5.41, 5.74) is 1.32. The molecule has 2 aliphatic heterocycles. The molecule has 2 atom stereocenters. The van der Waals surface area contributed by atoms with Gasteiger partial charge >= 0.3 is 0 Å². The summed E-state index contributed by atoms with van der Waals surface area (Å²) < 4.78 is 13.8. The van der Waals surface area contributed by atoms with Gasteiger partial charge in [-0.15, -0.1) is 16.8 Å². The number of allylic oxidation sites excluding steroid dienone is 1. The van der Waals surface area contributed by atoms with Gasteiger partial charge in [-0.1, -0.05) is 42.1 Å². The molecular weight excluding hydrogens is 466 g/mol. The molecule has 5 rings (SSSR count). The van der Waals surface area contributed by atoms with Crippen molar-refractivity contribution in [1.82, 2.24) is 14.8 Å². The van der Waals surface area contributed by atoms with Gasteiger partial charge in [0.25, 0.3) is 0 Å². The molecule has 3 aromatic rings. The van der Waals surface area contributed by atoms with Crippen LogP contribution in [0.15, 0.2) is 66.3 Å². The number of fused-ring (bicyclic) bond motifs is 2. The molecule has 0 spiro atoms. The van der Waals surface area contributed by atoms with Crippen molar-refractivity contribution in [2.75, 3.05) is 22.6 Å². The number of aromatic nitrogens is 3. The molecule has 0 aliphatic carbocycles. The van der Waals surface area contributed by atoms with Crippen LogP contribution < -0.4 is 19.7 Å². The van der Waals surface area contributed by atoms with E-state index in [0.29, 0.717) is 47.0 Å². The minimum absolute atomic E-state index is 0.112. The van der Waals surface area contributed by atoms with E-state index in [9.17, 15) is 9.59 Å². The average molecular weight is 492 g/mol. The maximum atomic E-state index is 13.4. The smallest absolute Gasteiger partial charge is 0.237 e. The van der Waals surface area contributed by atoms with Crippen LogP contribution in [0.5, 0.6) is 11.5 Å². The Bertz CT molecular complexity index is 1280. The summed E-state index contributed by atoms with van der Waals surface area (Å²) in [7, 11) is 0. The largest absolute Gasteiger partial charge is 0.485 e. The molecule has 2 aromatic carbocycles. The first-order valence-electron chi connectivity index (χ1n) is 11.3. The average Bonchev–Trinajstić information content (AvgIpc) is 3.20. The summed E-state index contributed by atoms with van der Waals surface area (Å²) in [4.78, 5) is 27.3. The molecule has 9 nitrogen and oxygen atoms in total. The van der Waals surface area contributed by atoms with E-state index in [1.165, 1.54) is 11.8 Å². The van der Waals surface area contributed by atoms with Crippen molar-refractivity contribution in [2.24, 2.45) is 0 Å². The second-order valence-corrected chi connectivity index (χ2v) is 9.22. The lowest BCUT2D eigenvalue weighted by atomic mass is 10.2. The summed E-state index contributed by atoms with van der Waals surface area (Å²) in [5, 5.41) is 12.2. The van der Waals surface area contributed by atoms with Gasteiger partial charge in [0.1, 0.15) is 6.61 Å². The van der Waals surface area contributed by atoms with Crippen LogP contribution in [-0.2, 0) is 16.1 Å². The van der Waals surface area contributed by atoms with E-state index in [4.69, 9.17) is 9.47 Å². The number of nitrogens with one attached hydrogen (secondary N) is 1. The van der Waals surface area contributed by atoms with Gasteiger partial charge < -0.3 is 19.7 Å². The molecule has 1 N–H and O–H groups in total. The van der Waals surface area contributed by atoms with Crippen LogP contribution >= 0.6 is 11.8 Å². The third-order valence-electron chi connectivity index (χ3n) is 5.81. The Morgan fingerprint density at radius 2 is 1.97 bits per heavy atom. The summed E-state index contributed by atoms with van der Waals surface area (Å²) in [6.07, 6.45) is 1.54. The van der Waals surface area contributed by atoms with Crippen LogP contribution in [-0.4, -0.2) is 45.0 Å². The number of anilines is 2. The summed E-state index contributed by atoms with van der Waals surface area (Å²) in [5.74, 6) is 1.86. The first kappa shape index (κ1) is 23.0. The molecule has 1 aromatic heterocycles. The minimum Gasteiger partial charge on any atom is -0.485 e. The van der Waals surface area contributed by atoms with Crippen LogP contribution in [0.3, 0.4) is 0 Å². The van der Waals surface area contributed by atoms with Crippen LogP contribution in [0.2, 0.25) is 0 Å². The van der Waals surface area contributed by atoms with Gasteiger partial charge in [-0.05, 0) is 31.2 Å². The van der Waals surface area contributed by atoms with E-state index < -0.39 is 6.10 Å². The van der Waals surface area contributed by atoms with Crippen molar-refractivity contribution >= 4 is 35.0 Å². The Hall–Kier alpha value is -3.79. The van der Waals surface area contributed by atoms with Gasteiger partial charge in [0.2, 0.25) is 11.8 Å². The van der Waals surface area contributed by atoms with Crippen molar-refractivity contribution in [3.05, 3.63) is 67.0 Å². The number of para-hydroxylation sites is 4.